The van der Waals surface area contributed by atoms with Crippen LogP contribution in [0.1, 0.15) is 18.4 Å². The molecular weight excluding hydrogens is 222 g/mol. The Bertz CT molecular complexity index is 572. The molecule has 0 unspecified atom stereocenters. The lowest BCUT2D eigenvalue weighted by molar-refractivity contribution is -0.125. The van der Waals surface area contributed by atoms with E-state index in [4.69, 9.17) is 5.73 Å². The van der Waals surface area contributed by atoms with Gasteiger partial charge in [-0.1, -0.05) is 18.2 Å². The molecule has 2 nitrogen and oxygen atoms in total. The first kappa shape index (κ1) is 10.6. The van der Waals surface area contributed by atoms with Crippen LogP contribution in [0.2, 0.25) is 0 Å². The number of pyridine rings is 1. The van der Waals surface area contributed by atoms with Crippen LogP contribution in [-0.4, -0.2) is 10.9 Å². The Morgan fingerprint density at radius 2 is 1.94 bits per heavy atom. The van der Waals surface area contributed by atoms with E-state index in [9.17, 15) is 8.78 Å². The second-order valence-electron chi connectivity index (χ2n) is 4.78. The summed E-state index contributed by atoms with van der Waals surface area (Å²) in [5.41, 5.74) is 6.63. The van der Waals surface area contributed by atoms with E-state index in [1.165, 1.54) is 0 Å². The zero-order chi connectivity index (χ0) is 12.1. The van der Waals surface area contributed by atoms with Gasteiger partial charge in [-0.15, -0.1) is 0 Å². The molecule has 1 saturated carbocycles. The molecule has 17 heavy (non-hydrogen) atoms. The third-order valence-corrected chi connectivity index (χ3v) is 3.33. The first-order valence-electron chi connectivity index (χ1n) is 5.51. The van der Waals surface area contributed by atoms with Crippen LogP contribution in [0.5, 0.6) is 0 Å². The average molecular weight is 234 g/mol. The van der Waals surface area contributed by atoms with E-state index in [0.717, 1.165) is 16.5 Å². The molecule has 1 heterocycles. The molecule has 88 valence electrons. The number of fused-ring (bicyclic) bond motifs is 1. The van der Waals surface area contributed by atoms with Crippen molar-refractivity contribution < 1.29 is 8.78 Å². The SMILES string of the molecule is NC1(c2ccc3cccnc3c2)CC(F)(F)C1. The first-order valence-corrected chi connectivity index (χ1v) is 5.51. The lowest BCUT2D eigenvalue weighted by Crippen LogP contribution is -2.55. The van der Waals surface area contributed by atoms with Gasteiger partial charge in [0.05, 0.1) is 11.1 Å². The molecule has 1 aliphatic rings. The molecule has 0 bridgehead atoms. The van der Waals surface area contributed by atoms with Gasteiger partial charge in [-0.3, -0.25) is 4.98 Å². The minimum Gasteiger partial charge on any atom is -0.321 e. The van der Waals surface area contributed by atoms with Crippen molar-refractivity contribution >= 4 is 10.9 Å². The molecule has 1 aliphatic carbocycles. The summed E-state index contributed by atoms with van der Waals surface area (Å²) in [5, 5.41) is 0.992. The molecule has 2 N–H and O–H groups in total. The van der Waals surface area contributed by atoms with Crippen LogP contribution < -0.4 is 5.73 Å². The predicted octanol–water partition coefficient (Wildman–Crippen LogP) is 2.82. The molecule has 0 radical (unpaired) electrons. The molecular formula is C13H12F2N2. The number of alkyl halides is 2. The Kier molecular flexibility index (Phi) is 2.01. The van der Waals surface area contributed by atoms with E-state index in [2.05, 4.69) is 4.98 Å². The number of nitrogens with two attached hydrogens (primary N) is 1. The number of hydrogen-bond donors (Lipinski definition) is 1. The summed E-state index contributed by atoms with van der Waals surface area (Å²) in [6.07, 6.45) is 1.13. The zero-order valence-corrected chi connectivity index (χ0v) is 9.16. The van der Waals surface area contributed by atoms with Gasteiger partial charge in [-0.2, -0.15) is 0 Å². The highest BCUT2D eigenvalue weighted by Crippen LogP contribution is 2.50. The van der Waals surface area contributed by atoms with Crippen molar-refractivity contribution in [2.75, 3.05) is 0 Å². The Labute approximate surface area is 97.5 Å². The van der Waals surface area contributed by atoms with Crippen LogP contribution >= 0.6 is 0 Å². The van der Waals surface area contributed by atoms with Gasteiger partial charge in [0.1, 0.15) is 0 Å². The monoisotopic (exact) mass is 234 g/mol. The van der Waals surface area contributed by atoms with Gasteiger partial charge in [0.25, 0.3) is 5.92 Å². The summed E-state index contributed by atoms with van der Waals surface area (Å²) in [4.78, 5) is 4.21. The van der Waals surface area contributed by atoms with Gasteiger partial charge < -0.3 is 5.73 Å². The van der Waals surface area contributed by atoms with Crippen molar-refractivity contribution in [3.05, 3.63) is 42.1 Å². The Morgan fingerprint density at radius 1 is 1.18 bits per heavy atom. The summed E-state index contributed by atoms with van der Waals surface area (Å²) in [6.45, 7) is 0. The molecule has 1 aromatic carbocycles. The number of hydrogen-bond acceptors (Lipinski definition) is 2. The van der Waals surface area contributed by atoms with Crippen molar-refractivity contribution in [2.45, 2.75) is 24.3 Å². The molecule has 1 fully saturated rings. The molecule has 0 aliphatic heterocycles. The standard InChI is InChI=1S/C13H12F2N2/c14-13(15)7-12(16,8-13)10-4-3-9-2-1-5-17-11(9)6-10/h1-6H,7-8,16H2. The first-order chi connectivity index (χ1) is 7.99. The fourth-order valence-corrected chi connectivity index (χ4v) is 2.45. The summed E-state index contributed by atoms with van der Waals surface area (Å²) in [6, 6.07) is 9.29. The highest BCUT2D eigenvalue weighted by molar-refractivity contribution is 5.79. The van der Waals surface area contributed by atoms with Gasteiger partial charge in [0.2, 0.25) is 0 Å². The molecule has 1 aromatic heterocycles. The Balaban J connectivity index is 2.02. The van der Waals surface area contributed by atoms with E-state index >= 15 is 0 Å². The second kappa shape index (κ2) is 3.23. The third kappa shape index (κ3) is 1.69. The minimum atomic E-state index is -2.62. The van der Waals surface area contributed by atoms with Crippen molar-refractivity contribution in [3.63, 3.8) is 0 Å². The number of nitrogens with zero attached hydrogens (tertiary/aromatic N) is 1. The van der Waals surface area contributed by atoms with Gasteiger partial charge in [-0.05, 0) is 17.7 Å². The van der Waals surface area contributed by atoms with E-state index in [1.54, 1.807) is 6.20 Å². The zero-order valence-electron chi connectivity index (χ0n) is 9.16. The van der Waals surface area contributed by atoms with E-state index in [1.807, 2.05) is 30.3 Å². The second-order valence-corrected chi connectivity index (χ2v) is 4.78. The number of rotatable bonds is 1. The van der Waals surface area contributed by atoms with Crippen molar-refractivity contribution in [2.24, 2.45) is 5.73 Å². The third-order valence-electron chi connectivity index (χ3n) is 3.33. The molecule has 3 rings (SSSR count). The maximum absolute atomic E-state index is 12.9. The van der Waals surface area contributed by atoms with Crippen LogP contribution in [-0.2, 0) is 5.54 Å². The molecule has 0 amide bonds. The predicted molar refractivity (Wildman–Crippen MR) is 61.8 cm³/mol. The number of aromatic nitrogens is 1. The molecule has 0 spiro atoms. The smallest absolute Gasteiger partial charge is 0.252 e. The number of halogens is 2. The Hall–Kier alpha value is -1.55. The highest BCUT2D eigenvalue weighted by Gasteiger charge is 2.55. The summed E-state index contributed by atoms with van der Waals surface area (Å²) < 4.78 is 25.9. The number of benzene rings is 1. The summed E-state index contributed by atoms with van der Waals surface area (Å²) in [5.74, 6) is -2.62. The molecule has 0 atom stereocenters. The fourth-order valence-electron chi connectivity index (χ4n) is 2.45. The van der Waals surface area contributed by atoms with Gasteiger partial charge in [0.15, 0.2) is 0 Å². The summed E-state index contributed by atoms with van der Waals surface area (Å²) >= 11 is 0. The van der Waals surface area contributed by atoms with Crippen molar-refractivity contribution in [1.29, 1.82) is 0 Å². The van der Waals surface area contributed by atoms with Gasteiger partial charge >= 0.3 is 0 Å². The largest absolute Gasteiger partial charge is 0.321 e. The lowest BCUT2D eigenvalue weighted by Gasteiger charge is -2.44. The van der Waals surface area contributed by atoms with Crippen LogP contribution in [0.3, 0.4) is 0 Å². The Morgan fingerprint density at radius 3 is 2.65 bits per heavy atom. The lowest BCUT2D eigenvalue weighted by atomic mass is 9.70. The van der Waals surface area contributed by atoms with Crippen LogP contribution in [0.4, 0.5) is 8.78 Å². The van der Waals surface area contributed by atoms with Gasteiger partial charge in [-0.25, -0.2) is 8.78 Å². The van der Waals surface area contributed by atoms with E-state index in [-0.39, 0.29) is 12.8 Å². The quantitative estimate of drug-likeness (QED) is 0.824. The minimum absolute atomic E-state index is 0.279. The topological polar surface area (TPSA) is 38.9 Å². The molecule has 2 aromatic rings. The fraction of sp³-hybridized carbons (Fsp3) is 0.308. The molecule has 0 saturated heterocycles. The average Bonchev–Trinajstić information content (AvgIpc) is 2.25. The van der Waals surface area contributed by atoms with Crippen LogP contribution in [0.25, 0.3) is 10.9 Å². The van der Waals surface area contributed by atoms with E-state index in [0.29, 0.717) is 0 Å². The summed E-state index contributed by atoms with van der Waals surface area (Å²) in [7, 11) is 0. The van der Waals surface area contributed by atoms with Crippen LogP contribution in [0, 0.1) is 0 Å². The van der Waals surface area contributed by atoms with Crippen molar-refractivity contribution in [1.82, 2.24) is 4.98 Å². The molecule has 4 heteroatoms. The van der Waals surface area contributed by atoms with Crippen molar-refractivity contribution in [3.8, 4) is 0 Å². The normalized spacial score (nSPS) is 21.1. The maximum atomic E-state index is 12.9. The highest BCUT2D eigenvalue weighted by atomic mass is 19.3. The van der Waals surface area contributed by atoms with E-state index < -0.39 is 11.5 Å². The van der Waals surface area contributed by atoms with Gasteiger partial charge in [0, 0.05) is 24.4 Å². The van der Waals surface area contributed by atoms with Crippen LogP contribution in [0.15, 0.2) is 36.5 Å². The maximum Gasteiger partial charge on any atom is 0.252 e.